The Kier molecular flexibility index (Phi) is 7.24. The number of carbonyl (C=O) groups is 1. The number of nitrogens with one attached hydrogen (secondary N) is 1. The SMILES string of the molecule is CCOc1ccc(CN2CCc3nnc([C@@H](C)NC(=O)c4cccc(OC)c4)n3CC2)cc1. The minimum absolute atomic E-state index is 0.163. The lowest BCUT2D eigenvalue weighted by Crippen LogP contribution is -2.30. The molecule has 0 fully saturated rings. The molecule has 4 rings (SSSR count). The molecular formula is C25H31N5O3. The second-order valence-electron chi connectivity index (χ2n) is 8.16. The summed E-state index contributed by atoms with van der Waals surface area (Å²) < 4.78 is 12.9. The Hall–Kier alpha value is -3.39. The molecule has 1 amide bonds. The van der Waals surface area contributed by atoms with Crippen molar-refractivity contribution in [3.63, 3.8) is 0 Å². The fraction of sp³-hybridized carbons (Fsp3) is 0.400. The van der Waals surface area contributed by atoms with Gasteiger partial charge in [0.2, 0.25) is 0 Å². The summed E-state index contributed by atoms with van der Waals surface area (Å²) in [4.78, 5) is 15.2. The summed E-state index contributed by atoms with van der Waals surface area (Å²) >= 11 is 0. The van der Waals surface area contributed by atoms with Crippen LogP contribution in [0.15, 0.2) is 48.5 Å². The fourth-order valence-corrected chi connectivity index (χ4v) is 4.09. The first-order valence-electron chi connectivity index (χ1n) is 11.4. The number of hydrogen-bond acceptors (Lipinski definition) is 6. The molecule has 1 N–H and O–H groups in total. The van der Waals surface area contributed by atoms with Crippen molar-refractivity contribution in [1.29, 1.82) is 0 Å². The van der Waals surface area contributed by atoms with E-state index in [0.29, 0.717) is 17.9 Å². The number of aromatic nitrogens is 3. The summed E-state index contributed by atoms with van der Waals surface area (Å²) in [5, 5.41) is 11.9. The van der Waals surface area contributed by atoms with Crippen LogP contribution in [0.2, 0.25) is 0 Å². The molecule has 1 aliphatic heterocycles. The third-order valence-corrected chi connectivity index (χ3v) is 5.85. The molecule has 1 aliphatic rings. The zero-order valence-electron chi connectivity index (χ0n) is 19.5. The number of carbonyl (C=O) groups excluding carboxylic acids is 1. The Morgan fingerprint density at radius 2 is 1.91 bits per heavy atom. The summed E-state index contributed by atoms with van der Waals surface area (Å²) in [5.41, 5.74) is 1.81. The van der Waals surface area contributed by atoms with Gasteiger partial charge in [-0.25, -0.2) is 0 Å². The molecule has 174 valence electrons. The van der Waals surface area contributed by atoms with Crippen LogP contribution in [-0.4, -0.2) is 52.4 Å². The first-order chi connectivity index (χ1) is 16.1. The van der Waals surface area contributed by atoms with Crippen LogP contribution in [0.1, 0.15) is 47.5 Å². The standard InChI is InChI=1S/C25H31N5O3/c1-4-33-21-10-8-19(9-11-21)17-29-13-12-23-27-28-24(30(23)15-14-29)18(2)26-25(31)20-6-5-7-22(16-20)32-3/h5-11,16,18H,4,12-15,17H2,1-3H3,(H,26,31)/t18-/m1/s1. The molecule has 0 spiro atoms. The summed E-state index contributed by atoms with van der Waals surface area (Å²) in [5.74, 6) is 3.13. The lowest BCUT2D eigenvalue weighted by molar-refractivity contribution is 0.0937. The van der Waals surface area contributed by atoms with Crippen molar-refractivity contribution in [2.75, 3.05) is 26.8 Å². The van der Waals surface area contributed by atoms with Gasteiger partial charge in [0.05, 0.1) is 19.8 Å². The Labute approximate surface area is 194 Å². The molecule has 0 radical (unpaired) electrons. The third-order valence-electron chi connectivity index (χ3n) is 5.85. The van der Waals surface area contributed by atoms with Gasteiger partial charge in [0.25, 0.3) is 5.91 Å². The van der Waals surface area contributed by atoms with E-state index in [2.05, 4.69) is 37.1 Å². The zero-order chi connectivity index (χ0) is 23.2. The topological polar surface area (TPSA) is 81.5 Å². The van der Waals surface area contributed by atoms with Crippen LogP contribution in [0.4, 0.5) is 0 Å². The molecular weight excluding hydrogens is 418 g/mol. The highest BCUT2D eigenvalue weighted by Gasteiger charge is 2.23. The Morgan fingerprint density at radius 1 is 1.09 bits per heavy atom. The summed E-state index contributed by atoms with van der Waals surface area (Å²) in [6.45, 7) is 8.07. The van der Waals surface area contributed by atoms with E-state index in [1.807, 2.05) is 32.0 Å². The van der Waals surface area contributed by atoms with E-state index in [9.17, 15) is 4.79 Å². The van der Waals surface area contributed by atoms with Crippen LogP contribution < -0.4 is 14.8 Å². The molecule has 8 heteroatoms. The second-order valence-corrected chi connectivity index (χ2v) is 8.16. The number of ether oxygens (including phenoxy) is 2. The van der Waals surface area contributed by atoms with Crippen LogP contribution in [0.25, 0.3) is 0 Å². The molecule has 8 nitrogen and oxygen atoms in total. The highest BCUT2D eigenvalue weighted by Crippen LogP contribution is 2.19. The monoisotopic (exact) mass is 449 g/mol. The maximum absolute atomic E-state index is 12.7. The molecule has 0 saturated carbocycles. The van der Waals surface area contributed by atoms with E-state index >= 15 is 0 Å². The highest BCUT2D eigenvalue weighted by atomic mass is 16.5. The van der Waals surface area contributed by atoms with Gasteiger partial charge in [-0.2, -0.15) is 0 Å². The van der Waals surface area contributed by atoms with Crippen molar-refractivity contribution in [2.45, 2.75) is 39.4 Å². The number of fused-ring (bicyclic) bond motifs is 1. The molecule has 3 aromatic rings. The largest absolute Gasteiger partial charge is 0.497 e. The minimum atomic E-state index is -0.261. The van der Waals surface area contributed by atoms with Gasteiger partial charge in [-0.05, 0) is 49.7 Å². The van der Waals surface area contributed by atoms with Crippen LogP contribution in [0, 0.1) is 0 Å². The lowest BCUT2D eigenvalue weighted by atomic mass is 10.2. The maximum atomic E-state index is 12.7. The van der Waals surface area contributed by atoms with E-state index in [-0.39, 0.29) is 11.9 Å². The smallest absolute Gasteiger partial charge is 0.251 e. The van der Waals surface area contributed by atoms with E-state index in [4.69, 9.17) is 9.47 Å². The van der Waals surface area contributed by atoms with Gasteiger partial charge in [0.1, 0.15) is 17.3 Å². The fourth-order valence-electron chi connectivity index (χ4n) is 4.09. The highest BCUT2D eigenvalue weighted by molar-refractivity contribution is 5.94. The number of hydrogen-bond donors (Lipinski definition) is 1. The number of rotatable bonds is 8. The molecule has 0 aliphatic carbocycles. The number of methoxy groups -OCH3 is 1. The van der Waals surface area contributed by atoms with Gasteiger partial charge in [-0.1, -0.05) is 18.2 Å². The van der Waals surface area contributed by atoms with E-state index in [0.717, 1.165) is 50.0 Å². The molecule has 1 aromatic heterocycles. The van der Waals surface area contributed by atoms with Gasteiger partial charge in [-0.15, -0.1) is 10.2 Å². The van der Waals surface area contributed by atoms with Crippen LogP contribution in [0.3, 0.4) is 0 Å². The molecule has 0 saturated heterocycles. The molecule has 0 bridgehead atoms. The zero-order valence-corrected chi connectivity index (χ0v) is 19.5. The minimum Gasteiger partial charge on any atom is -0.497 e. The summed E-state index contributed by atoms with van der Waals surface area (Å²) in [6.07, 6.45) is 0.820. The van der Waals surface area contributed by atoms with Crippen molar-refractivity contribution < 1.29 is 14.3 Å². The van der Waals surface area contributed by atoms with E-state index < -0.39 is 0 Å². The maximum Gasteiger partial charge on any atom is 0.251 e. The Bertz CT molecular complexity index is 1080. The Morgan fingerprint density at radius 3 is 2.67 bits per heavy atom. The van der Waals surface area contributed by atoms with Gasteiger partial charge in [0, 0.05) is 38.2 Å². The third kappa shape index (κ3) is 5.51. The van der Waals surface area contributed by atoms with Gasteiger partial charge >= 0.3 is 0 Å². The van der Waals surface area contributed by atoms with Crippen molar-refractivity contribution in [1.82, 2.24) is 25.0 Å². The average molecular weight is 450 g/mol. The van der Waals surface area contributed by atoms with Crippen LogP contribution in [0.5, 0.6) is 11.5 Å². The normalized spacial score (nSPS) is 14.8. The second kappa shape index (κ2) is 10.5. The molecule has 33 heavy (non-hydrogen) atoms. The van der Waals surface area contributed by atoms with E-state index in [1.54, 1.807) is 25.3 Å². The van der Waals surface area contributed by atoms with Gasteiger partial charge < -0.3 is 19.4 Å². The van der Waals surface area contributed by atoms with Gasteiger partial charge in [0.15, 0.2) is 5.82 Å². The molecule has 0 unspecified atom stereocenters. The van der Waals surface area contributed by atoms with Crippen molar-refractivity contribution in [3.05, 3.63) is 71.3 Å². The molecule has 2 aromatic carbocycles. The molecule has 2 heterocycles. The quantitative estimate of drug-likeness (QED) is 0.569. The number of benzene rings is 2. The first kappa shape index (κ1) is 22.8. The van der Waals surface area contributed by atoms with Crippen molar-refractivity contribution >= 4 is 5.91 Å². The average Bonchev–Trinajstić information content (AvgIpc) is 3.15. The van der Waals surface area contributed by atoms with E-state index in [1.165, 1.54) is 5.56 Å². The number of nitrogens with zero attached hydrogens (tertiary/aromatic N) is 4. The Balaban J connectivity index is 1.38. The predicted molar refractivity (Wildman–Crippen MR) is 125 cm³/mol. The predicted octanol–water partition coefficient (Wildman–Crippen LogP) is 3.23. The van der Waals surface area contributed by atoms with Crippen molar-refractivity contribution in [2.24, 2.45) is 0 Å². The molecule has 1 atom stereocenters. The summed E-state index contributed by atoms with van der Waals surface area (Å²) in [7, 11) is 1.59. The van der Waals surface area contributed by atoms with Crippen LogP contribution in [-0.2, 0) is 19.5 Å². The van der Waals surface area contributed by atoms with Gasteiger partial charge in [-0.3, -0.25) is 9.69 Å². The summed E-state index contributed by atoms with van der Waals surface area (Å²) in [6, 6.07) is 15.2. The lowest BCUT2D eigenvalue weighted by Gasteiger charge is -2.20. The van der Waals surface area contributed by atoms with Crippen molar-refractivity contribution in [3.8, 4) is 11.5 Å². The first-order valence-corrected chi connectivity index (χ1v) is 11.4. The van der Waals surface area contributed by atoms with Crippen LogP contribution >= 0.6 is 0 Å². The number of amides is 1.